The first-order valence-electron chi connectivity index (χ1n) is 5.24. The van der Waals surface area contributed by atoms with Crippen LogP contribution in [0.1, 0.15) is 25.3 Å². The van der Waals surface area contributed by atoms with Crippen molar-refractivity contribution >= 4 is 5.69 Å². The minimum atomic E-state index is 0.573. The van der Waals surface area contributed by atoms with Gasteiger partial charge in [-0.1, -0.05) is 25.1 Å². The average Bonchev–Trinajstić information content (AvgIpc) is 2.88. The van der Waals surface area contributed by atoms with Crippen molar-refractivity contribution in [3.8, 4) is 0 Å². The molecule has 0 spiro atoms. The fourth-order valence-electron chi connectivity index (χ4n) is 1.58. The lowest BCUT2D eigenvalue weighted by molar-refractivity contribution is 0.500. The highest BCUT2D eigenvalue weighted by molar-refractivity contribution is 5.46. The zero-order valence-electron chi connectivity index (χ0n) is 8.72. The third kappa shape index (κ3) is 2.26. The van der Waals surface area contributed by atoms with E-state index in [2.05, 4.69) is 18.3 Å². The van der Waals surface area contributed by atoms with Crippen molar-refractivity contribution in [2.24, 2.45) is 5.41 Å². The van der Waals surface area contributed by atoms with Gasteiger partial charge in [0.1, 0.15) is 0 Å². The average molecular weight is 190 g/mol. The molecule has 1 aliphatic rings. The fourth-order valence-corrected chi connectivity index (χ4v) is 1.58. The van der Waals surface area contributed by atoms with Crippen LogP contribution in [-0.4, -0.2) is 6.54 Å². The molecule has 1 saturated carbocycles. The Balaban J connectivity index is 1.83. The molecule has 0 aliphatic heterocycles. The van der Waals surface area contributed by atoms with E-state index < -0.39 is 0 Å². The summed E-state index contributed by atoms with van der Waals surface area (Å²) < 4.78 is 0. The molecular formula is C12H18N2. The van der Waals surface area contributed by atoms with E-state index >= 15 is 0 Å². The Morgan fingerprint density at radius 2 is 2.07 bits per heavy atom. The summed E-state index contributed by atoms with van der Waals surface area (Å²) >= 11 is 0. The van der Waals surface area contributed by atoms with Crippen LogP contribution in [0, 0.1) is 5.41 Å². The number of hydrogen-bond donors (Lipinski definition) is 2. The monoisotopic (exact) mass is 190 g/mol. The van der Waals surface area contributed by atoms with Crippen LogP contribution in [0.3, 0.4) is 0 Å². The Kier molecular flexibility index (Phi) is 2.46. The Hall–Kier alpha value is -1.02. The van der Waals surface area contributed by atoms with E-state index in [1.807, 2.05) is 18.2 Å². The van der Waals surface area contributed by atoms with E-state index in [0.29, 0.717) is 5.41 Å². The molecule has 0 radical (unpaired) electrons. The Labute approximate surface area is 85.5 Å². The smallest absolute Gasteiger partial charge is 0.0359 e. The van der Waals surface area contributed by atoms with E-state index in [1.165, 1.54) is 18.4 Å². The highest BCUT2D eigenvalue weighted by Gasteiger charge is 2.36. The zero-order chi connectivity index (χ0) is 10.0. The van der Waals surface area contributed by atoms with Gasteiger partial charge in [-0.25, -0.2) is 0 Å². The SMILES string of the molecule is CC1(CNCc2ccccc2N)CC1. The molecule has 2 heteroatoms. The molecule has 1 fully saturated rings. The number of nitrogen functional groups attached to an aromatic ring is 1. The summed E-state index contributed by atoms with van der Waals surface area (Å²) in [6.07, 6.45) is 2.73. The molecule has 0 saturated heterocycles. The predicted molar refractivity (Wildman–Crippen MR) is 59.9 cm³/mol. The Morgan fingerprint density at radius 1 is 1.36 bits per heavy atom. The maximum atomic E-state index is 5.85. The zero-order valence-corrected chi connectivity index (χ0v) is 8.72. The lowest BCUT2D eigenvalue weighted by Gasteiger charge is -2.11. The van der Waals surface area contributed by atoms with Crippen molar-refractivity contribution in [3.05, 3.63) is 29.8 Å². The van der Waals surface area contributed by atoms with Gasteiger partial charge in [0.05, 0.1) is 0 Å². The molecule has 76 valence electrons. The number of nitrogens with one attached hydrogen (secondary N) is 1. The minimum absolute atomic E-state index is 0.573. The number of hydrogen-bond acceptors (Lipinski definition) is 2. The van der Waals surface area contributed by atoms with Gasteiger partial charge in [-0.2, -0.15) is 0 Å². The molecule has 2 nitrogen and oxygen atoms in total. The van der Waals surface area contributed by atoms with E-state index in [4.69, 9.17) is 5.73 Å². The molecule has 1 aliphatic carbocycles. The van der Waals surface area contributed by atoms with Gasteiger partial charge in [0, 0.05) is 18.8 Å². The van der Waals surface area contributed by atoms with E-state index in [-0.39, 0.29) is 0 Å². The molecule has 1 aromatic rings. The third-order valence-corrected chi connectivity index (χ3v) is 3.03. The van der Waals surface area contributed by atoms with Crippen LogP contribution in [0.25, 0.3) is 0 Å². The number of anilines is 1. The van der Waals surface area contributed by atoms with Gasteiger partial charge >= 0.3 is 0 Å². The molecule has 0 aromatic heterocycles. The largest absolute Gasteiger partial charge is 0.398 e. The van der Waals surface area contributed by atoms with Crippen LogP contribution in [0.4, 0.5) is 5.69 Å². The summed E-state index contributed by atoms with van der Waals surface area (Å²) in [5, 5.41) is 3.46. The van der Waals surface area contributed by atoms with E-state index in [1.54, 1.807) is 0 Å². The van der Waals surface area contributed by atoms with Gasteiger partial charge in [0.25, 0.3) is 0 Å². The number of nitrogens with two attached hydrogens (primary N) is 1. The molecule has 0 unspecified atom stereocenters. The first kappa shape index (κ1) is 9.53. The van der Waals surface area contributed by atoms with Crippen LogP contribution in [-0.2, 0) is 6.54 Å². The highest BCUT2D eigenvalue weighted by atomic mass is 14.9. The quantitative estimate of drug-likeness (QED) is 0.714. The van der Waals surface area contributed by atoms with Crippen molar-refractivity contribution in [1.82, 2.24) is 5.32 Å². The summed E-state index contributed by atoms with van der Waals surface area (Å²) in [5.41, 5.74) is 8.51. The normalized spacial score (nSPS) is 18.1. The molecule has 0 bridgehead atoms. The summed E-state index contributed by atoms with van der Waals surface area (Å²) in [5.74, 6) is 0. The maximum absolute atomic E-state index is 5.85. The van der Waals surface area contributed by atoms with Gasteiger partial charge in [-0.15, -0.1) is 0 Å². The molecule has 1 aromatic carbocycles. The molecule has 0 heterocycles. The van der Waals surface area contributed by atoms with Gasteiger partial charge < -0.3 is 11.1 Å². The van der Waals surface area contributed by atoms with Crippen molar-refractivity contribution < 1.29 is 0 Å². The third-order valence-electron chi connectivity index (χ3n) is 3.03. The maximum Gasteiger partial charge on any atom is 0.0359 e. The van der Waals surface area contributed by atoms with Crippen LogP contribution < -0.4 is 11.1 Å². The summed E-state index contributed by atoms with van der Waals surface area (Å²) in [4.78, 5) is 0. The standard InChI is InChI=1S/C12H18N2/c1-12(6-7-12)9-14-8-10-4-2-3-5-11(10)13/h2-5,14H,6-9,13H2,1H3. The lowest BCUT2D eigenvalue weighted by atomic mass is 10.1. The molecule has 0 atom stereocenters. The lowest BCUT2D eigenvalue weighted by Crippen LogP contribution is -2.21. The summed E-state index contributed by atoms with van der Waals surface area (Å²) in [6, 6.07) is 8.04. The molecular weight excluding hydrogens is 172 g/mol. The van der Waals surface area contributed by atoms with Crippen LogP contribution >= 0.6 is 0 Å². The minimum Gasteiger partial charge on any atom is -0.398 e. The second kappa shape index (κ2) is 3.62. The molecule has 14 heavy (non-hydrogen) atoms. The molecule has 3 N–H and O–H groups in total. The topological polar surface area (TPSA) is 38.0 Å². The van der Waals surface area contributed by atoms with Gasteiger partial charge in [-0.3, -0.25) is 0 Å². The molecule has 0 amide bonds. The first-order valence-corrected chi connectivity index (χ1v) is 5.24. The van der Waals surface area contributed by atoms with Crippen molar-refractivity contribution in [1.29, 1.82) is 0 Å². The summed E-state index contributed by atoms with van der Waals surface area (Å²) in [6.45, 7) is 4.33. The fraction of sp³-hybridized carbons (Fsp3) is 0.500. The van der Waals surface area contributed by atoms with Crippen molar-refractivity contribution in [2.45, 2.75) is 26.3 Å². The Bertz CT molecular complexity index is 316. The van der Waals surface area contributed by atoms with Crippen molar-refractivity contribution in [2.75, 3.05) is 12.3 Å². The molecule has 2 rings (SSSR count). The van der Waals surface area contributed by atoms with Crippen LogP contribution in [0.2, 0.25) is 0 Å². The van der Waals surface area contributed by atoms with Crippen LogP contribution in [0.15, 0.2) is 24.3 Å². The number of rotatable bonds is 4. The second-order valence-corrected chi connectivity index (χ2v) is 4.61. The van der Waals surface area contributed by atoms with E-state index in [0.717, 1.165) is 18.8 Å². The summed E-state index contributed by atoms with van der Waals surface area (Å²) in [7, 11) is 0. The number of para-hydroxylation sites is 1. The first-order chi connectivity index (χ1) is 6.70. The van der Waals surface area contributed by atoms with Gasteiger partial charge in [-0.05, 0) is 29.9 Å². The van der Waals surface area contributed by atoms with Gasteiger partial charge in [0.2, 0.25) is 0 Å². The van der Waals surface area contributed by atoms with Crippen molar-refractivity contribution in [3.63, 3.8) is 0 Å². The van der Waals surface area contributed by atoms with E-state index in [9.17, 15) is 0 Å². The highest BCUT2D eigenvalue weighted by Crippen LogP contribution is 2.44. The predicted octanol–water partition coefficient (Wildman–Crippen LogP) is 2.16. The Morgan fingerprint density at radius 3 is 2.71 bits per heavy atom. The van der Waals surface area contributed by atoms with Gasteiger partial charge in [0.15, 0.2) is 0 Å². The van der Waals surface area contributed by atoms with Crippen LogP contribution in [0.5, 0.6) is 0 Å². The second-order valence-electron chi connectivity index (χ2n) is 4.61. The number of benzene rings is 1.